The number of allylic oxidation sites excluding steroid dienone is 1. The fourth-order valence-electron chi connectivity index (χ4n) is 4.41. The molecule has 0 saturated carbocycles. The van der Waals surface area contributed by atoms with Crippen molar-refractivity contribution in [1.82, 2.24) is 9.97 Å². The maximum atomic E-state index is 11.7. The van der Waals surface area contributed by atoms with Gasteiger partial charge in [0.1, 0.15) is 6.04 Å². The summed E-state index contributed by atoms with van der Waals surface area (Å²) < 4.78 is 0. The molecule has 0 aliphatic carbocycles. The Bertz CT molecular complexity index is 856. The molecule has 0 aliphatic heterocycles. The van der Waals surface area contributed by atoms with E-state index >= 15 is 0 Å². The SMILES string of the molecule is CC(=O)c1cnc(N[C@@H](CSC/C=C(\C)CCCC(C)CCCC(C)CCCC(C)C)C(=O)O)nc1C. The van der Waals surface area contributed by atoms with Gasteiger partial charge in [-0.25, -0.2) is 14.8 Å². The van der Waals surface area contributed by atoms with Gasteiger partial charge in [0, 0.05) is 17.7 Å². The summed E-state index contributed by atoms with van der Waals surface area (Å²) in [5.41, 5.74) is 2.36. The predicted octanol–water partition coefficient (Wildman–Crippen LogP) is 7.97. The molecule has 2 unspecified atom stereocenters. The Morgan fingerprint density at radius 1 is 1.00 bits per heavy atom. The number of aryl methyl sites for hydroxylation is 1. The second-order valence-electron chi connectivity index (χ2n) is 11.2. The Labute approximate surface area is 229 Å². The standard InChI is InChI=1S/C30H51N3O3S/c1-21(2)11-8-12-22(3)13-9-14-23(4)15-10-16-24(5)17-18-37-20-28(29(35)36)33-30-31-19-27(26(7)34)25(6)32-30/h17,19,21-23,28H,8-16,18,20H2,1-7H3,(H,35,36)(H,31,32,33)/b24-17+/t22?,23?,28-/m0/s1. The van der Waals surface area contributed by atoms with E-state index in [0.717, 1.165) is 29.9 Å². The van der Waals surface area contributed by atoms with Crippen molar-refractivity contribution in [2.45, 2.75) is 112 Å². The predicted molar refractivity (Wildman–Crippen MR) is 158 cm³/mol. The van der Waals surface area contributed by atoms with Crippen LogP contribution < -0.4 is 5.32 Å². The molecule has 0 spiro atoms. The molecular formula is C30H51N3O3S. The molecule has 1 aromatic heterocycles. The van der Waals surface area contributed by atoms with Gasteiger partial charge in [0.25, 0.3) is 0 Å². The number of ketones is 1. The average molecular weight is 534 g/mol. The minimum atomic E-state index is -0.941. The summed E-state index contributed by atoms with van der Waals surface area (Å²) >= 11 is 1.58. The van der Waals surface area contributed by atoms with Gasteiger partial charge >= 0.3 is 5.97 Å². The lowest BCUT2D eigenvalue weighted by molar-refractivity contribution is -0.137. The second-order valence-corrected chi connectivity index (χ2v) is 12.3. The number of carbonyl (C=O) groups excluding carboxylic acids is 1. The molecular weight excluding hydrogens is 482 g/mol. The van der Waals surface area contributed by atoms with E-state index in [0.29, 0.717) is 17.0 Å². The van der Waals surface area contributed by atoms with Crippen LogP contribution in [0, 0.1) is 24.7 Å². The van der Waals surface area contributed by atoms with Crippen LogP contribution in [0.5, 0.6) is 0 Å². The van der Waals surface area contributed by atoms with Crippen molar-refractivity contribution in [1.29, 1.82) is 0 Å². The lowest BCUT2D eigenvalue weighted by atomic mass is 9.91. The lowest BCUT2D eigenvalue weighted by Crippen LogP contribution is -2.32. The van der Waals surface area contributed by atoms with Gasteiger partial charge in [-0.2, -0.15) is 11.8 Å². The van der Waals surface area contributed by atoms with Gasteiger partial charge < -0.3 is 10.4 Å². The van der Waals surface area contributed by atoms with Crippen LogP contribution in [0.1, 0.15) is 115 Å². The molecule has 7 heteroatoms. The normalized spacial score (nSPS) is 14.4. The first-order valence-electron chi connectivity index (χ1n) is 14.1. The van der Waals surface area contributed by atoms with Gasteiger partial charge in [-0.3, -0.25) is 4.79 Å². The minimum Gasteiger partial charge on any atom is -0.480 e. The van der Waals surface area contributed by atoms with E-state index in [-0.39, 0.29) is 11.7 Å². The van der Waals surface area contributed by atoms with Crippen molar-refractivity contribution >= 4 is 29.5 Å². The molecule has 0 aliphatic rings. The van der Waals surface area contributed by atoms with Crippen LogP contribution in [-0.4, -0.2) is 44.4 Å². The summed E-state index contributed by atoms with van der Waals surface area (Å²) in [7, 11) is 0. The van der Waals surface area contributed by atoms with Crippen molar-refractivity contribution < 1.29 is 14.7 Å². The van der Waals surface area contributed by atoms with Gasteiger partial charge in [0.05, 0.1) is 11.3 Å². The number of carboxylic acid groups (broad SMARTS) is 1. The number of aromatic nitrogens is 2. The van der Waals surface area contributed by atoms with Crippen LogP contribution in [0.4, 0.5) is 5.95 Å². The molecule has 0 fully saturated rings. The van der Waals surface area contributed by atoms with E-state index < -0.39 is 12.0 Å². The maximum Gasteiger partial charge on any atom is 0.327 e. The fourth-order valence-corrected chi connectivity index (χ4v) is 5.41. The summed E-state index contributed by atoms with van der Waals surface area (Å²) in [5.74, 6) is 2.83. The number of nitrogens with one attached hydrogen (secondary N) is 1. The van der Waals surface area contributed by atoms with Crippen molar-refractivity contribution in [2.75, 3.05) is 16.8 Å². The lowest BCUT2D eigenvalue weighted by Gasteiger charge is -2.15. The summed E-state index contributed by atoms with van der Waals surface area (Å²) in [6.45, 7) is 14.8. The van der Waals surface area contributed by atoms with E-state index in [1.165, 1.54) is 70.1 Å². The van der Waals surface area contributed by atoms with Crippen LogP contribution >= 0.6 is 11.8 Å². The Balaban J connectivity index is 2.27. The van der Waals surface area contributed by atoms with Crippen LogP contribution in [-0.2, 0) is 4.79 Å². The average Bonchev–Trinajstić information content (AvgIpc) is 2.80. The van der Waals surface area contributed by atoms with Crippen molar-refractivity contribution in [3.63, 3.8) is 0 Å². The van der Waals surface area contributed by atoms with Gasteiger partial charge in [0.15, 0.2) is 5.78 Å². The number of rotatable bonds is 20. The summed E-state index contributed by atoms with van der Waals surface area (Å²) in [6, 6.07) is -0.792. The largest absolute Gasteiger partial charge is 0.480 e. The highest BCUT2D eigenvalue weighted by Gasteiger charge is 2.19. The van der Waals surface area contributed by atoms with E-state index in [1.807, 2.05) is 0 Å². The molecule has 0 bridgehead atoms. The summed E-state index contributed by atoms with van der Waals surface area (Å²) in [6.07, 6.45) is 15.4. The maximum absolute atomic E-state index is 11.7. The first-order valence-corrected chi connectivity index (χ1v) is 15.2. The molecule has 0 radical (unpaired) electrons. The van der Waals surface area contributed by atoms with E-state index in [1.54, 1.807) is 18.7 Å². The van der Waals surface area contributed by atoms with Gasteiger partial charge in [-0.15, -0.1) is 0 Å². The Hall–Kier alpha value is -1.89. The Morgan fingerprint density at radius 2 is 1.59 bits per heavy atom. The topological polar surface area (TPSA) is 92.2 Å². The number of nitrogens with zero attached hydrogens (tertiary/aromatic N) is 2. The Kier molecular flexibility index (Phi) is 16.5. The number of carboxylic acids is 1. The summed E-state index contributed by atoms with van der Waals surface area (Å²) in [4.78, 5) is 31.6. The summed E-state index contributed by atoms with van der Waals surface area (Å²) in [5, 5.41) is 12.5. The molecule has 1 aromatic rings. The molecule has 6 nitrogen and oxygen atoms in total. The highest BCUT2D eigenvalue weighted by molar-refractivity contribution is 7.99. The van der Waals surface area contributed by atoms with Crippen molar-refractivity contribution in [3.05, 3.63) is 29.1 Å². The number of aliphatic carboxylic acids is 1. The molecule has 0 amide bonds. The molecule has 37 heavy (non-hydrogen) atoms. The van der Waals surface area contributed by atoms with Crippen LogP contribution in [0.15, 0.2) is 17.8 Å². The van der Waals surface area contributed by atoms with Crippen molar-refractivity contribution in [2.24, 2.45) is 17.8 Å². The van der Waals surface area contributed by atoms with E-state index in [2.05, 4.69) is 56.0 Å². The quantitative estimate of drug-likeness (QED) is 0.0997. The highest BCUT2D eigenvalue weighted by atomic mass is 32.2. The van der Waals surface area contributed by atoms with Crippen molar-refractivity contribution in [3.8, 4) is 0 Å². The fraction of sp³-hybridized carbons (Fsp3) is 0.733. The molecule has 1 heterocycles. The van der Waals surface area contributed by atoms with Crippen LogP contribution in [0.3, 0.4) is 0 Å². The van der Waals surface area contributed by atoms with E-state index in [9.17, 15) is 14.7 Å². The van der Waals surface area contributed by atoms with E-state index in [4.69, 9.17) is 0 Å². The smallest absolute Gasteiger partial charge is 0.327 e. The molecule has 2 N–H and O–H groups in total. The van der Waals surface area contributed by atoms with Crippen LogP contribution in [0.2, 0.25) is 0 Å². The monoisotopic (exact) mass is 533 g/mol. The van der Waals surface area contributed by atoms with Gasteiger partial charge in [0.2, 0.25) is 5.95 Å². The molecule has 210 valence electrons. The first kappa shape index (κ1) is 33.1. The zero-order valence-corrected chi connectivity index (χ0v) is 25.1. The molecule has 3 atom stereocenters. The number of hydrogen-bond donors (Lipinski definition) is 2. The number of anilines is 1. The molecule has 0 aromatic carbocycles. The Morgan fingerprint density at radius 3 is 2.14 bits per heavy atom. The molecule has 1 rings (SSSR count). The number of thioether (sulfide) groups is 1. The zero-order chi connectivity index (χ0) is 27.8. The highest BCUT2D eigenvalue weighted by Crippen LogP contribution is 2.22. The van der Waals surface area contributed by atoms with Crippen LogP contribution in [0.25, 0.3) is 0 Å². The second kappa shape index (κ2) is 18.4. The number of Topliss-reactive ketones (excluding diaryl/α,β-unsaturated/α-hetero) is 1. The van der Waals surface area contributed by atoms with Gasteiger partial charge in [-0.05, 0) is 51.4 Å². The third-order valence-corrected chi connectivity index (χ3v) is 7.91. The zero-order valence-electron chi connectivity index (χ0n) is 24.3. The first-order chi connectivity index (χ1) is 17.5. The third-order valence-electron chi connectivity index (χ3n) is 6.93. The third kappa shape index (κ3) is 15.2. The minimum absolute atomic E-state index is 0.108. The molecule has 0 saturated heterocycles. The number of carbonyl (C=O) groups is 2. The van der Waals surface area contributed by atoms with Gasteiger partial charge in [-0.1, -0.05) is 84.3 Å². The number of hydrogen-bond acceptors (Lipinski definition) is 6.